The predicted molar refractivity (Wildman–Crippen MR) is 59.4 cm³/mol. The minimum absolute atomic E-state index is 0.319. The summed E-state index contributed by atoms with van der Waals surface area (Å²) >= 11 is 0. The van der Waals surface area contributed by atoms with Crippen molar-refractivity contribution in [1.82, 2.24) is 0 Å². The molecule has 0 aliphatic rings. The molecule has 0 atom stereocenters. The molecule has 0 radical (unpaired) electrons. The maximum absolute atomic E-state index is 9.19. The van der Waals surface area contributed by atoms with Crippen molar-refractivity contribution in [1.29, 1.82) is 0 Å². The molecule has 0 bridgehead atoms. The molecular formula is C12H18O2. The summed E-state index contributed by atoms with van der Waals surface area (Å²) < 4.78 is 0. The van der Waals surface area contributed by atoms with Crippen LogP contribution < -0.4 is 0 Å². The summed E-state index contributed by atoms with van der Waals surface area (Å²) in [4.78, 5) is 0. The van der Waals surface area contributed by atoms with Crippen LogP contribution in [0.2, 0.25) is 0 Å². The first-order chi connectivity index (χ1) is 6.76. The summed E-state index contributed by atoms with van der Waals surface area (Å²) in [5.41, 5.74) is 0.928. The summed E-state index contributed by atoms with van der Waals surface area (Å²) in [5, 5.41) is 17.1. The summed E-state index contributed by atoms with van der Waals surface area (Å²) in [5.74, 6) is 0.349. The Kier molecular flexibility index (Phi) is 7.56. The third-order valence-electron chi connectivity index (χ3n) is 1.58. The van der Waals surface area contributed by atoms with Crippen molar-refractivity contribution < 1.29 is 10.2 Å². The fraction of sp³-hybridized carbons (Fsp3) is 0.333. The second-order valence-corrected chi connectivity index (χ2v) is 2.85. The van der Waals surface area contributed by atoms with E-state index in [1.54, 1.807) is 12.1 Å². The molecule has 0 aliphatic carbocycles. The van der Waals surface area contributed by atoms with Gasteiger partial charge < -0.3 is 10.2 Å². The Balaban J connectivity index is 0.000000364. The van der Waals surface area contributed by atoms with Crippen LogP contribution in [0.4, 0.5) is 0 Å². The van der Waals surface area contributed by atoms with Crippen LogP contribution in [0.1, 0.15) is 18.9 Å². The molecule has 14 heavy (non-hydrogen) atoms. The van der Waals surface area contributed by atoms with E-state index in [-0.39, 0.29) is 0 Å². The first-order valence-electron chi connectivity index (χ1n) is 4.74. The summed E-state index contributed by atoms with van der Waals surface area (Å²) in [6.07, 6.45) is 3.38. The number of phenolic OH excluding ortho intramolecular Hbond substituents is 1. The fourth-order valence-corrected chi connectivity index (χ4v) is 0.839. The van der Waals surface area contributed by atoms with Crippen LogP contribution in [0.25, 0.3) is 0 Å². The summed E-state index contributed by atoms with van der Waals surface area (Å²) in [6, 6.07) is 7.27. The SMILES string of the molecule is C=CCc1ccccc1O.CCCO. The molecule has 0 spiro atoms. The van der Waals surface area contributed by atoms with Crippen molar-refractivity contribution >= 4 is 0 Å². The number of benzene rings is 1. The Bertz CT molecular complexity index is 254. The number of phenols is 1. The molecule has 1 rings (SSSR count). The van der Waals surface area contributed by atoms with E-state index in [0.29, 0.717) is 12.4 Å². The number of hydrogen-bond acceptors (Lipinski definition) is 2. The summed E-state index contributed by atoms with van der Waals surface area (Å²) in [7, 11) is 0. The Morgan fingerprint density at radius 3 is 2.36 bits per heavy atom. The van der Waals surface area contributed by atoms with Crippen molar-refractivity contribution in [3.05, 3.63) is 42.5 Å². The molecule has 1 aromatic carbocycles. The molecule has 0 aliphatic heterocycles. The predicted octanol–water partition coefficient (Wildman–Crippen LogP) is 2.51. The maximum atomic E-state index is 9.19. The molecule has 2 heteroatoms. The van der Waals surface area contributed by atoms with E-state index in [1.807, 2.05) is 25.1 Å². The van der Waals surface area contributed by atoms with Crippen LogP contribution in [0, 0.1) is 0 Å². The molecule has 0 unspecified atom stereocenters. The third kappa shape index (κ3) is 5.38. The average Bonchev–Trinajstić information content (AvgIpc) is 2.22. The van der Waals surface area contributed by atoms with Gasteiger partial charge in [-0.3, -0.25) is 0 Å². The van der Waals surface area contributed by atoms with Gasteiger partial charge in [-0.15, -0.1) is 6.58 Å². The van der Waals surface area contributed by atoms with Gasteiger partial charge in [-0.1, -0.05) is 31.2 Å². The van der Waals surface area contributed by atoms with Crippen LogP contribution in [-0.2, 0) is 6.42 Å². The van der Waals surface area contributed by atoms with Gasteiger partial charge in [0.2, 0.25) is 0 Å². The lowest BCUT2D eigenvalue weighted by atomic mass is 10.1. The van der Waals surface area contributed by atoms with Crippen LogP contribution >= 0.6 is 0 Å². The van der Waals surface area contributed by atoms with E-state index in [4.69, 9.17) is 5.11 Å². The molecular weight excluding hydrogens is 176 g/mol. The van der Waals surface area contributed by atoms with E-state index >= 15 is 0 Å². The largest absolute Gasteiger partial charge is 0.508 e. The minimum atomic E-state index is 0.319. The standard InChI is InChI=1S/C9H10O.C3H8O/c1-2-5-8-6-3-4-7-9(8)10;1-2-3-4/h2-4,6-7,10H,1,5H2;4H,2-3H2,1H3. The van der Waals surface area contributed by atoms with Crippen molar-refractivity contribution in [3.8, 4) is 5.75 Å². The molecule has 0 saturated heterocycles. The highest BCUT2D eigenvalue weighted by atomic mass is 16.3. The number of hydrogen-bond donors (Lipinski definition) is 2. The zero-order chi connectivity index (χ0) is 10.8. The Morgan fingerprint density at radius 1 is 1.36 bits per heavy atom. The van der Waals surface area contributed by atoms with Gasteiger partial charge in [-0.25, -0.2) is 0 Å². The molecule has 0 amide bonds. The number of aliphatic hydroxyl groups excluding tert-OH is 1. The van der Waals surface area contributed by atoms with Crippen LogP contribution in [-0.4, -0.2) is 16.8 Å². The van der Waals surface area contributed by atoms with Crippen molar-refractivity contribution in [2.45, 2.75) is 19.8 Å². The molecule has 2 nitrogen and oxygen atoms in total. The number of para-hydroxylation sites is 1. The lowest BCUT2D eigenvalue weighted by molar-refractivity contribution is 0.295. The molecule has 1 aromatic rings. The van der Waals surface area contributed by atoms with Crippen LogP contribution in [0.3, 0.4) is 0 Å². The molecule has 0 aromatic heterocycles. The van der Waals surface area contributed by atoms with Gasteiger partial charge in [0, 0.05) is 6.61 Å². The lowest BCUT2D eigenvalue weighted by Crippen LogP contribution is -1.79. The van der Waals surface area contributed by atoms with Gasteiger partial charge >= 0.3 is 0 Å². The Hall–Kier alpha value is -1.28. The number of allylic oxidation sites excluding steroid dienone is 1. The van der Waals surface area contributed by atoms with Gasteiger partial charge in [0.25, 0.3) is 0 Å². The molecule has 0 saturated carbocycles. The highest BCUT2D eigenvalue weighted by Gasteiger charge is 1.93. The quantitative estimate of drug-likeness (QED) is 0.726. The first kappa shape index (κ1) is 12.7. The van der Waals surface area contributed by atoms with Crippen LogP contribution in [0.15, 0.2) is 36.9 Å². The fourth-order valence-electron chi connectivity index (χ4n) is 0.839. The molecule has 0 fully saturated rings. The van der Waals surface area contributed by atoms with Crippen molar-refractivity contribution in [2.75, 3.05) is 6.61 Å². The first-order valence-corrected chi connectivity index (χ1v) is 4.74. The molecule has 78 valence electrons. The smallest absolute Gasteiger partial charge is 0.119 e. The zero-order valence-electron chi connectivity index (χ0n) is 8.61. The van der Waals surface area contributed by atoms with Gasteiger partial charge in [0.05, 0.1) is 0 Å². The summed E-state index contributed by atoms with van der Waals surface area (Å²) in [6.45, 7) is 5.84. The van der Waals surface area contributed by atoms with E-state index in [9.17, 15) is 5.11 Å². The third-order valence-corrected chi connectivity index (χ3v) is 1.58. The van der Waals surface area contributed by atoms with E-state index in [1.165, 1.54) is 0 Å². The van der Waals surface area contributed by atoms with E-state index in [2.05, 4.69) is 6.58 Å². The van der Waals surface area contributed by atoms with Gasteiger partial charge in [0.15, 0.2) is 0 Å². The number of rotatable bonds is 3. The van der Waals surface area contributed by atoms with Crippen LogP contribution in [0.5, 0.6) is 5.75 Å². The highest BCUT2D eigenvalue weighted by molar-refractivity contribution is 5.32. The second kappa shape index (κ2) is 8.32. The van der Waals surface area contributed by atoms with Gasteiger partial charge in [-0.2, -0.15) is 0 Å². The average molecular weight is 194 g/mol. The number of aromatic hydroxyl groups is 1. The highest BCUT2D eigenvalue weighted by Crippen LogP contribution is 2.15. The number of aliphatic hydroxyl groups is 1. The maximum Gasteiger partial charge on any atom is 0.119 e. The van der Waals surface area contributed by atoms with Gasteiger partial charge in [0.1, 0.15) is 5.75 Å². The topological polar surface area (TPSA) is 40.5 Å². The van der Waals surface area contributed by atoms with E-state index < -0.39 is 0 Å². The van der Waals surface area contributed by atoms with E-state index in [0.717, 1.165) is 18.4 Å². The molecule has 2 N–H and O–H groups in total. The molecule has 0 heterocycles. The van der Waals surface area contributed by atoms with Gasteiger partial charge in [-0.05, 0) is 24.5 Å². The zero-order valence-corrected chi connectivity index (χ0v) is 8.61. The van der Waals surface area contributed by atoms with Crippen molar-refractivity contribution in [2.24, 2.45) is 0 Å². The Morgan fingerprint density at radius 2 is 1.93 bits per heavy atom. The second-order valence-electron chi connectivity index (χ2n) is 2.85. The minimum Gasteiger partial charge on any atom is -0.508 e. The normalized spacial score (nSPS) is 8.71. The lowest BCUT2D eigenvalue weighted by Gasteiger charge is -1.97. The monoisotopic (exact) mass is 194 g/mol. The van der Waals surface area contributed by atoms with Crippen molar-refractivity contribution in [3.63, 3.8) is 0 Å². The Labute approximate surface area is 85.5 Å².